The number of hydrogen-bond donors (Lipinski definition) is 2. The lowest BCUT2D eigenvalue weighted by atomic mass is 9.81. The number of ether oxygens (including phenoxy) is 3. The maximum atomic E-state index is 14.4. The van der Waals surface area contributed by atoms with Crippen molar-refractivity contribution in [3.63, 3.8) is 0 Å². The van der Waals surface area contributed by atoms with Crippen LogP contribution in [-0.4, -0.2) is 66.3 Å². The van der Waals surface area contributed by atoms with Gasteiger partial charge in [-0.25, -0.2) is 14.4 Å². The Kier molecular flexibility index (Phi) is 9.56. The minimum Gasteiger partial charge on any atom is -0.506 e. The van der Waals surface area contributed by atoms with Crippen LogP contribution in [0.2, 0.25) is 0 Å². The van der Waals surface area contributed by atoms with Crippen molar-refractivity contribution in [1.82, 2.24) is 0 Å². The molecule has 7 rings (SSSR count). The molecule has 0 radical (unpaired) electrons. The summed E-state index contributed by atoms with van der Waals surface area (Å²) in [7, 11) is 3.41. The molecule has 0 bridgehead atoms. The molecule has 12 heteroatoms. The van der Waals surface area contributed by atoms with Crippen molar-refractivity contribution in [2.45, 2.75) is 0 Å². The number of esters is 3. The lowest BCUT2D eigenvalue weighted by Crippen LogP contribution is -2.34. The average molecular weight is 755 g/mol. The Bertz CT molecular complexity index is 2550. The molecule has 5 aromatic carbocycles. The highest BCUT2D eigenvalue weighted by Crippen LogP contribution is 2.51. The number of furan rings is 1. The first kappa shape index (κ1) is 36.4. The number of phenolic OH excluding ortho intramolecular Hbond substituents is 1. The van der Waals surface area contributed by atoms with Crippen LogP contribution >= 0.6 is 6.89 Å². The third-order valence-electron chi connectivity index (χ3n) is 9.50. The predicted molar refractivity (Wildman–Crippen MR) is 206 cm³/mol. The van der Waals surface area contributed by atoms with Gasteiger partial charge in [-0.2, -0.15) is 0 Å². The van der Waals surface area contributed by atoms with Crippen molar-refractivity contribution >= 4 is 74.1 Å². The largest absolute Gasteiger partial charge is 0.506 e. The third kappa shape index (κ3) is 5.73. The van der Waals surface area contributed by atoms with E-state index in [-0.39, 0.29) is 44.1 Å². The lowest BCUT2D eigenvalue weighted by molar-refractivity contribution is -0.136. The monoisotopic (exact) mass is 754 g/mol. The summed E-state index contributed by atoms with van der Waals surface area (Å²) in [6.07, 6.45) is 0.797. The van der Waals surface area contributed by atoms with Gasteiger partial charge in [-0.3, -0.25) is 9.59 Å². The number of aromatic hydroxyl groups is 2. The molecule has 0 aliphatic heterocycles. The number of carbonyl (C=O) groups excluding carboxylic acids is 5. The molecule has 1 aromatic heterocycles. The van der Waals surface area contributed by atoms with Gasteiger partial charge in [-0.05, 0) is 47.1 Å². The fraction of sp³-hybridized carbons (Fsp3) is 0.0698. The Morgan fingerprint density at radius 1 is 0.618 bits per heavy atom. The van der Waals surface area contributed by atoms with Crippen molar-refractivity contribution in [3.8, 4) is 11.7 Å². The van der Waals surface area contributed by atoms with Crippen LogP contribution in [0.25, 0.3) is 16.5 Å². The minimum absolute atomic E-state index is 0.0190. The molecule has 1 heterocycles. The highest BCUT2D eigenvalue weighted by atomic mass is 31.2. The number of ketones is 2. The van der Waals surface area contributed by atoms with Crippen LogP contribution in [0, 0.1) is 0 Å². The van der Waals surface area contributed by atoms with E-state index in [1.165, 1.54) is 31.4 Å². The summed E-state index contributed by atoms with van der Waals surface area (Å²) in [4.78, 5) is 67.7. The smallest absolute Gasteiger partial charge is 0.339 e. The number of hydrogen-bond acceptors (Lipinski definition) is 11. The molecule has 0 saturated heterocycles. The Balaban J connectivity index is 1.55. The molecule has 2 N–H and O–H groups in total. The van der Waals surface area contributed by atoms with Crippen LogP contribution in [0.15, 0.2) is 126 Å². The highest BCUT2D eigenvalue weighted by molar-refractivity contribution is 7.96. The first-order valence-electron chi connectivity index (χ1n) is 16.7. The first-order valence-corrected chi connectivity index (χ1v) is 18.5. The Labute approximate surface area is 314 Å². The van der Waals surface area contributed by atoms with E-state index in [0.717, 1.165) is 36.2 Å². The Morgan fingerprint density at radius 3 is 1.62 bits per heavy atom. The molecule has 0 fully saturated rings. The van der Waals surface area contributed by atoms with E-state index >= 15 is 0 Å². The van der Waals surface area contributed by atoms with Gasteiger partial charge in [0.1, 0.15) is 5.75 Å². The van der Waals surface area contributed by atoms with E-state index in [9.17, 15) is 34.2 Å². The lowest BCUT2D eigenvalue weighted by Gasteiger charge is -2.31. The summed E-state index contributed by atoms with van der Waals surface area (Å²) >= 11 is 0. The summed E-state index contributed by atoms with van der Waals surface area (Å²) in [5.74, 6) is -5.67. The zero-order chi connectivity index (χ0) is 39.0. The molecule has 0 amide bonds. The van der Waals surface area contributed by atoms with Crippen molar-refractivity contribution in [3.05, 3.63) is 155 Å². The van der Waals surface area contributed by atoms with Crippen molar-refractivity contribution < 1.29 is 52.8 Å². The second-order valence-corrected chi connectivity index (χ2v) is 15.6. The molecular formula is C43H31O11P. The Morgan fingerprint density at radius 2 is 1.11 bits per heavy atom. The summed E-state index contributed by atoms with van der Waals surface area (Å²) in [5.41, 5.74) is -1.90. The van der Waals surface area contributed by atoms with E-state index in [1.54, 1.807) is 0 Å². The second-order valence-electron chi connectivity index (χ2n) is 12.3. The molecule has 0 saturated carbocycles. The van der Waals surface area contributed by atoms with Gasteiger partial charge in [0.2, 0.25) is 0 Å². The number of carbonyl (C=O) groups is 5. The van der Waals surface area contributed by atoms with E-state index in [4.69, 9.17) is 13.9 Å². The number of fused-ring (bicyclic) bond motifs is 4. The van der Waals surface area contributed by atoms with Crippen molar-refractivity contribution in [1.29, 1.82) is 0 Å². The fourth-order valence-electron chi connectivity index (χ4n) is 7.11. The zero-order valence-corrected chi connectivity index (χ0v) is 30.5. The standard InChI is InChI=1S/C43H31O11P/c1-51-32(44)23-31(41(48)52-2)27-19-20-28-33(36(27)45)37(46)29-21-22-30-35(42(49)54-39(30)34(29)38(28)47)40(43(50)53-3)55(24-13-7-4-8-14-24,25-15-9-5-10-16-25)26-17-11-6-12-18-26/h4-23,45,49H,1-3H3/b31-23+. The summed E-state index contributed by atoms with van der Waals surface area (Å²) < 4.78 is 20.9. The summed E-state index contributed by atoms with van der Waals surface area (Å²) in [6.45, 7) is -3.25. The maximum absolute atomic E-state index is 14.4. The normalized spacial score (nSPS) is 12.5. The van der Waals surface area contributed by atoms with Crippen LogP contribution in [0.1, 0.15) is 43.0 Å². The first-order chi connectivity index (χ1) is 26.6. The van der Waals surface area contributed by atoms with Gasteiger partial charge in [0.15, 0.2) is 17.1 Å². The zero-order valence-electron chi connectivity index (χ0n) is 29.6. The van der Waals surface area contributed by atoms with Gasteiger partial charge in [-0.1, -0.05) is 91.0 Å². The van der Waals surface area contributed by atoms with Crippen LogP contribution in [0.5, 0.6) is 11.7 Å². The van der Waals surface area contributed by atoms with Crippen LogP contribution in [0.4, 0.5) is 0 Å². The van der Waals surface area contributed by atoms with Crippen molar-refractivity contribution in [2.24, 2.45) is 0 Å². The van der Waals surface area contributed by atoms with Crippen LogP contribution in [0.3, 0.4) is 0 Å². The molecule has 11 nitrogen and oxygen atoms in total. The van der Waals surface area contributed by atoms with Crippen LogP contribution in [-0.2, 0) is 28.6 Å². The molecule has 0 spiro atoms. The van der Waals surface area contributed by atoms with E-state index in [2.05, 4.69) is 4.74 Å². The molecule has 0 atom stereocenters. The second kappa shape index (κ2) is 14.5. The molecular weight excluding hydrogens is 723 g/mol. The summed E-state index contributed by atoms with van der Waals surface area (Å²) in [6, 6.07) is 33.4. The SMILES string of the molecule is COC(=O)/C=C(/C(=O)OC)c1ccc2c(c1O)C(=O)c1ccc3c(C(C(=O)OC)=P(c4ccccc4)(c4ccccc4)c4ccccc4)c(O)oc3c1C2=O. The average Bonchev–Trinajstić information content (AvgIpc) is 3.55. The van der Waals surface area contributed by atoms with Gasteiger partial charge in [0.25, 0.3) is 5.95 Å². The summed E-state index contributed by atoms with van der Waals surface area (Å²) in [5, 5.41) is 25.7. The molecule has 274 valence electrons. The molecule has 1 aliphatic carbocycles. The molecule has 55 heavy (non-hydrogen) atoms. The number of rotatable bonds is 8. The van der Waals surface area contributed by atoms with E-state index < -0.39 is 59.2 Å². The number of phenols is 1. The fourth-order valence-corrected chi connectivity index (χ4v) is 11.6. The highest BCUT2D eigenvalue weighted by Gasteiger charge is 2.41. The number of methoxy groups -OCH3 is 3. The third-order valence-corrected chi connectivity index (χ3v) is 13.8. The molecule has 0 unspecified atom stereocenters. The van der Waals surface area contributed by atoms with Gasteiger partial charge in [-0.15, -0.1) is 0 Å². The maximum Gasteiger partial charge on any atom is 0.339 e. The predicted octanol–water partition coefficient (Wildman–Crippen LogP) is 5.04. The van der Waals surface area contributed by atoms with Gasteiger partial charge in [0.05, 0.1) is 48.9 Å². The Hall–Kier alpha value is -6.97. The molecule has 6 aromatic rings. The van der Waals surface area contributed by atoms with Gasteiger partial charge < -0.3 is 28.8 Å². The van der Waals surface area contributed by atoms with Gasteiger partial charge >= 0.3 is 17.9 Å². The van der Waals surface area contributed by atoms with Crippen molar-refractivity contribution in [2.75, 3.05) is 21.3 Å². The van der Waals surface area contributed by atoms with Gasteiger partial charge in [0, 0.05) is 28.2 Å². The van der Waals surface area contributed by atoms with E-state index in [0.29, 0.717) is 0 Å². The van der Waals surface area contributed by atoms with E-state index in [1.807, 2.05) is 91.0 Å². The minimum atomic E-state index is -3.25. The quantitative estimate of drug-likeness (QED) is 0.0924. The van der Waals surface area contributed by atoms with Crippen LogP contribution < -0.4 is 15.9 Å². The number of benzene rings is 5. The topological polar surface area (TPSA) is 167 Å². The molecule has 1 aliphatic rings.